The van der Waals surface area contributed by atoms with Gasteiger partial charge in [0.15, 0.2) is 0 Å². The van der Waals surface area contributed by atoms with E-state index < -0.39 is 17.1 Å². The third-order valence-corrected chi connectivity index (χ3v) is 7.19. The van der Waals surface area contributed by atoms with Crippen LogP contribution in [0, 0.1) is 12.7 Å². The Balaban J connectivity index is 1.89. The van der Waals surface area contributed by atoms with Crippen molar-refractivity contribution in [2.75, 3.05) is 20.7 Å². The molecule has 0 saturated carbocycles. The predicted molar refractivity (Wildman–Crippen MR) is 130 cm³/mol. The first kappa shape index (κ1) is 24.3. The molecule has 0 spiro atoms. The molecule has 0 radical (unpaired) electrons. The molecule has 0 fully saturated rings. The number of halogens is 1. The maximum absolute atomic E-state index is 13.9. The second kappa shape index (κ2) is 9.82. The number of rotatable bonds is 8. The highest BCUT2D eigenvalue weighted by Gasteiger charge is 2.23. The van der Waals surface area contributed by atoms with E-state index in [9.17, 15) is 18.8 Å². The van der Waals surface area contributed by atoms with Gasteiger partial charge >= 0.3 is 5.69 Å². The summed E-state index contributed by atoms with van der Waals surface area (Å²) in [5, 5.41) is 9.22. The third-order valence-electron chi connectivity index (χ3n) is 5.91. The molecule has 35 heavy (non-hydrogen) atoms. The quantitative estimate of drug-likeness (QED) is 0.367. The van der Waals surface area contributed by atoms with Gasteiger partial charge in [-0.25, -0.2) is 9.18 Å². The summed E-state index contributed by atoms with van der Waals surface area (Å²) in [6, 6.07) is 4.18. The van der Waals surface area contributed by atoms with Gasteiger partial charge in [0.2, 0.25) is 5.91 Å². The fourth-order valence-electron chi connectivity index (χ4n) is 3.84. The van der Waals surface area contributed by atoms with Crippen LogP contribution in [0.5, 0.6) is 5.75 Å². The Kier molecular flexibility index (Phi) is 6.83. The number of benzene rings is 1. The first-order valence-corrected chi connectivity index (χ1v) is 11.8. The number of aromatic nitrogens is 5. The molecule has 0 aliphatic rings. The molecular formula is C23H25FN6O4S. The molecule has 3 aromatic heterocycles. The molecule has 0 N–H and O–H groups in total. The van der Waals surface area contributed by atoms with Crippen LogP contribution in [0.3, 0.4) is 0 Å². The SMILES string of the molecule is CCN(C)C(=O)Cn1c(=O)c2c(C)c(-n3nccn3)sc2n(CCc2cc(F)ccc2OC)c1=O. The van der Waals surface area contributed by atoms with Gasteiger partial charge in [0.1, 0.15) is 27.9 Å². The number of nitrogens with zero attached hydrogens (tertiary/aromatic N) is 6. The van der Waals surface area contributed by atoms with Crippen LogP contribution in [-0.2, 0) is 24.3 Å². The van der Waals surface area contributed by atoms with E-state index in [1.807, 2.05) is 0 Å². The number of ether oxygens (including phenoxy) is 1. The van der Waals surface area contributed by atoms with Crippen LogP contribution in [0.15, 0.2) is 40.2 Å². The lowest BCUT2D eigenvalue weighted by Gasteiger charge is -2.17. The number of hydrogen-bond donors (Lipinski definition) is 0. The van der Waals surface area contributed by atoms with Crippen molar-refractivity contribution in [3.05, 3.63) is 68.4 Å². The summed E-state index contributed by atoms with van der Waals surface area (Å²) in [6.45, 7) is 3.76. The first-order chi connectivity index (χ1) is 16.8. The molecular weight excluding hydrogens is 475 g/mol. The minimum atomic E-state index is -0.614. The van der Waals surface area contributed by atoms with E-state index in [4.69, 9.17) is 4.74 Å². The average molecular weight is 501 g/mol. The number of carbonyl (C=O) groups is 1. The van der Waals surface area contributed by atoms with Crippen molar-refractivity contribution in [2.45, 2.75) is 33.4 Å². The van der Waals surface area contributed by atoms with Crippen LogP contribution in [-0.4, -0.2) is 55.6 Å². The summed E-state index contributed by atoms with van der Waals surface area (Å²) in [7, 11) is 3.10. The lowest BCUT2D eigenvalue weighted by molar-refractivity contribution is -0.130. The minimum absolute atomic E-state index is 0.138. The number of amides is 1. The molecule has 0 atom stereocenters. The smallest absolute Gasteiger partial charge is 0.332 e. The van der Waals surface area contributed by atoms with Gasteiger partial charge in [0, 0.05) is 25.7 Å². The van der Waals surface area contributed by atoms with E-state index in [2.05, 4.69) is 10.2 Å². The molecule has 4 rings (SSSR count). The van der Waals surface area contributed by atoms with Crippen molar-refractivity contribution in [1.82, 2.24) is 29.0 Å². The highest BCUT2D eigenvalue weighted by molar-refractivity contribution is 7.21. The van der Waals surface area contributed by atoms with E-state index in [0.717, 1.165) is 4.57 Å². The van der Waals surface area contributed by atoms with Crippen LogP contribution in [0.1, 0.15) is 18.1 Å². The van der Waals surface area contributed by atoms with Crippen molar-refractivity contribution in [2.24, 2.45) is 0 Å². The molecule has 184 valence electrons. The number of hydrogen-bond acceptors (Lipinski definition) is 7. The number of likely N-dealkylation sites (N-methyl/N-ethyl adjacent to an activating group) is 1. The zero-order chi connectivity index (χ0) is 25.3. The van der Waals surface area contributed by atoms with Crippen LogP contribution < -0.4 is 16.0 Å². The van der Waals surface area contributed by atoms with Crippen molar-refractivity contribution in [3.63, 3.8) is 0 Å². The molecule has 3 heterocycles. The molecule has 0 unspecified atom stereocenters. The Morgan fingerprint density at radius 2 is 1.91 bits per heavy atom. The Hall–Kier alpha value is -3.80. The molecule has 1 amide bonds. The topological polar surface area (TPSA) is 104 Å². The van der Waals surface area contributed by atoms with Gasteiger partial charge in [0.25, 0.3) is 5.56 Å². The van der Waals surface area contributed by atoms with Crippen LogP contribution in [0.4, 0.5) is 4.39 Å². The van der Waals surface area contributed by atoms with Gasteiger partial charge in [-0.2, -0.15) is 10.2 Å². The second-order valence-corrected chi connectivity index (χ2v) is 8.95. The Morgan fingerprint density at radius 1 is 1.20 bits per heavy atom. The Labute approximate surface area is 203 Å². The zero-order valence-corrected chi connectivity index (χ0v) is 20.6. The van der Waals surface area contributed by atoms with Gasteiger partial charge in [-0.1, -0.05) is 11.3 Å². The first-order valence-electron chi connectivity index (χ1n) is 11.0. The molecule has 10 nitrogen and oxygen atoms in total. The normalized spacial score (nSPS) is 11.2. The molecule has 0 saturated heterocycles. The largest absolute Gasteiger partial charge is 0.496 e. The summed E-state index contributed by atoms with van der Waals surface area (Å²) >= 11 is 1.21. The van der Waals surface area contributed by atoms with Crippen molar-refractivity contribution >= 4 is 27.5 Å². The van der Waals surface area contributed by atoms with Crippen molar-refractivity contribution in [3.8, 4) is 10.8 Å². The van der Waals surface area contributed by atoms with Gasteiger partial charge < -0.3 is 9.64 Å². The van der Waals surface area contributed by atoms with Crippen molar-refractivity contribution in [1.29, 1.82) is 0 Å². The predicted octanol–water partition coefficient (Wildman–Crippen LogP) is 1.98. The minimum Gasteiger partial charge on any atom is -0.496 e. The summed E-state index contributed by atoms with van der Waals surface area (Å²) < 4.78 is 21.6. The van der Waals surface area contributed by atoms with Crippen LogP contribution in [0.2, 0.25) is 0 Å². The standard InChI is InChI=1S/C23H25FN6O4S/c1-5-27(3)18(31)13-29-20(32)19-14(2)21(30-25-9-10-26-30)35-22(19)28(23(29)33)11-8-15-12-16(24)6-7-17(15)34-4/h6-7,9-10,12H,5,8,11,13H2,1-4H3. The highest BCUT2D eigenvalue weighted by atomic mass is 32.1. The third kappa shape index (κ3) is 4.48. The van der Waals surface area contributed by atoms with E-state index in [-0.39, 0.29) is 25.4 Å². The number of fused-ring (bicyclic) bond motifs is 1. The monoisotopic (exact) mass is 500 g/mol. The molecule has 12 heteroatoms. The highest BCUT2D eigenvalue weighted by Crippen LogP contribution is 2.30. The maximum atomic E-state index is 13.9. The number of carbonyl (C=O) groups excluding carboxylic acids is 1. The lowest BCUT2D eigenvalue weighted by Crippen LogP contribution is -2.44. The van der Waals surface area contributed by atoms with E-state index >= 15 is 0 Å². The fraction of sp³-hybridized carbons (Fsp3) is 0.348. The Bertz CT molecular complexity index is 1510. The second-order valence-electron chi connectivity index (χ2n) is 7.97. The zero-order valence-electron chi connectivity index (χ0n) is 19.8. The van der Waals surface area contributed by atoms with Crippen LogP contribution in [0.25, 0.3) is 15.2 Å². The summed E-state index contributed by atoms with van der Waals surface area (Å²) in [5.74, 6) is -0.283. The molecule has 4 aromatic rings. The van der Waals surface area contributed by atoms with E-state index in [0.29, 0.717) is 38.6 Å². The number of aryl methyl sites for hydroxylation is 3. The number of methoxy groups -OCH3 is 1. The average Bonchev–Trinajstić information content (AvgIpc) is 3.49. The lowest BCUT2D eigenvalue weighted by atomic mass is 10.1. The Morgan fingerprint density at radius 3 is 2.57 bits per heavy atom. The fourth-order valence-corrected chi connectivity index (χ4v) is 5.07. The molecule has 1 aromatic carbocycles. The van der Waals surface area contributed by atoms with Gasteiger partial charge in [-0.05, 0) is 44.0 Å². The van der Waals surface area contributed by atoms with Gasteiger partial charge in [-0.15, -0.1) is 4.80 Å². The summed E-state index contributed by atoms with van der Waals surface area (Å²) in [5.41, 5.74) is 0.0224. The van der Waals surface area contributed by atoms with E-state index in [1.165, 1.54) is 63.3 Å². The van der Waals surface area contributed by atoms with E-state index in [1.54, 1.807) is 20.9 Å². The van der Waals surface area contributed by atoms with Crippen LogP contribution >= 0.6 is 11.3 Å². The van der Waals surface area contributed by atoms with Gasteiger partial charge in [0.05, 0.1) is 24.9 Å². The van der Waals surface area contributed by atoms with Gasteiger partial charge in [-0.3, -0.25) is 18.7 Å². The molecule has 0 aliphatic heterocycles. The number of thiophene rings is 1. The molecule has 0 aliphatic carbocycles. The maximum Gasteiger partial charge on any atom is 0.332 e. The summed E-state index contributed by atoms with van der Waals surface area (Å²) in [6.07, 6.45) is 3.30. The van der Waals surface area contributed by atoms with Crippen molar-refractivity contribution < 1.29 is 13.9 Å². The molecule has 0 bridgehead atoms. The summed E-state index contributed by atoms with van der Waals surface area (Å²) in [4.78, 5) is 42.8.